The van der Waals surface area contributed by atoms with E-state index in [2.05, 4.69) is 5.32 Å². The Morgan fingerprint density at radius 2 is 2.05 bits per heavy atom. The predicted molar refractivity (Wildman–Crippen MR) is 82.6 cm³/mol. The van der Waals surface area contributed by atoms with Gasteiger partial charge in [-0.15, -0.1) is 0 Å². The third kappa shape index (κ3) is 3.90. The summed E-state index contributed by atoms with van der Waals surface area (Å²) in [5, 5.41) is 2.77. The first-order chi connectivity index (χ1) is 9.47. The molecule has 2 saturated carbocycles. The maximum Gasteiger partial charge on any atom is 0.244 e. The maximum absolute atomic E-state index is 11.8. The molecule has 0 saturated heterocycles. The first-order valence-electron chi connectivity index (χ1n) is 7.55. The van der Waals surface area contributed by atoms with Crippen LogP contribution in [0.15, 0.2) is 0 Å². The van der Waals surface area contributed by atoms with Gasteiger partial charge in [-0.25, -0.2) is 0 Å². The number of hydrogen-bond acceptors (Lipinski definition) is 3. The second-order valence-corrected chi connectivity index (χ2v) is 7.50. The van der Waals surface area contributed by atoms with E-state index < -0.39 is 6.04 Å². The Labute approximate surface area is 126 Å². The summed E-state index contributed by atoms with van der Waals surface area (Å²) < 4.78 is 0. The van der Waals surface area contributed by atoms with E-state index in [1.165, 1.54) is 30.6 Å². The van der Waals surface area contributed by atoms with E-state index in [0.717, 1.165) is 23.5 Å². The fraction of sp³-hybridized carbons (Fsp3) is 0.867. The average molecular weight is 298 g/mol. The van der Waals surface area contributed by atoms with Gasteiger partial charge in [0, 0.05) is 14.1 Å². The number of nitrogens with zero attached hydrogens (tertiary/aromatic N) is 1. The Hall–Kier alpha value is -0.710. The molecule has 2 fully saturated rings. The van der Waals surface area contributed by atoms with Gasteiger partial charge < -0.3 is 10.2 Å². The maximum atomic E-state index is 11.8. The quantitative estimate of drug-likeness (QED) is 0.813. The molecule has 2 rings (SSSR count). The molecule has 4 atom stereocenters. The van der Waals surface area contributed by atoms with Crippen LogP contribution >= 0.6 is 11.8 Å². The fourth-order valence-electron chi connectivity index (χ4n) is 3.62. The molecule has 0 aromatic rings. The van der Waals surface area contributed by atoms with Crippen LogP contribution < -0.4 is 5.32 Å². The van der Waals surface area contributed by atoms with Gasteiger partial charge in [0.1, 0.15) is 6.04 Å². The summed E-state index contributed by atoms with van der Waals surface area (Å²) in [5.41, 5.74) is 0. The fourth-order valence-corrected chi connectivity index (χ4v) is 4.71. The predicted octanol–water partition coefficient (Wildman–Crippen LogP) is 1.75. The Balaban J connectivity index is 1.62. The summed E-state index contributed by atoms with van der Waals surface area (Å²) >= 11 is 1.72. The van der Waals surface area contributed by atoms with Crippen molar-refractivity contribution in [3.8, 4) is 0 Å². The minimum absolute atomic E-state index is 0.0270. The number of nitrogens with one attached hydrogen (secondary N) is 1. The molecular weight excluding hydrogens is 272 g/mol. The van der Waals surface area contributed by atoms with Crippen LogP contribution in [-0.2, 0) is 9.59 Å². The van der Waals surface area contributed by atoms with Crippen LogP contribution in [0.2, 0.25) is 0 Å². The molecule has 4 nitrogen and oxygen atoms in total. The second-order valence-electron chi connectivity index (χ2n) is 6.47. The zero-order valence-electron chi connectivity index (χ0n) is 12.7. The summed E-state index contributed by atoms with van der Waals surface area (Å²) in [4.78, 5) is 25.0. The van der Waals surface area contributed by atoms with Crippen molar-refractivity contribution in [3.05, 3.63) is 0 Å². The smallest absolute Gasteiger partial charge is 0.244 e. The molecule has 0 heterocycles. The van der Waals surface area contributed by atoms with Crippen LogP contribution in [0, 0.1) is 17.8 Å². The molecule has 0 unspecified atom stereocenters. The Bertz CT molecular complexity index is 373. The zero-order valence-corrected chi connectivity index (χ0v) is 13.5. The molecule has 20 heavy (non-hydrogen) atoms. The topological polar surface area (TPSA) is 49.4 Å². The monoisotopic (exact) mass is 298 g/mol. The van der Waals surface area contributed by atoms with Gasteiger partial charge >= 0.3 is 0 Å². The summed E-state index contributed by atoms with van der Waals surface area (Å²) in [5.74, 6) is 4.20. The van der Waals surface area contributed by atoms with Crippen LogP contribution in [0.1, 0.15) is 32.6 Å². The highest BCUT2D eigenvalue weighted by atomic mass is 32.2. The van der Waals surface area contributed by atoms with E-state index in [4.69, 9.17) is 0 Å². The molecule has 5 heteroatoms. The van der Waals surface area contributed by atoms with Crippen molar-refractivity contribution in [1.29, 1.82) is 0 Å². The zero-order chi connectivity index (χ0) is 14.7. The molecule has 0 aliphatic heterocycles. The van der Waals surface area contributed by atoms with Crippen molar-refractivity contribution in [2.75, 3.05) is 25.6 Å². The van der Waals surface area contributed by atoms with Crippen LogP contribution in [0.3, 0.4) is 0 Å². The first-order valence-corrected chi connectivity index (χ1v) is 8.71. The Kier molecular flexibility index (Phi) is 5.35. The molecule has 0 radical (unpaired) electrons. The summed E-state index contributed by atoms with van der Waals surface area (Å²) in [6.45, 7) is 1.74. The SMILES string of the molecule is C[C@@H](NC(=O)CSC[C@H]1C[C@H]2CC[C@H]1C2)C(=O)N(C)C. The van der Waals surface area contributed by atoms with Crippen LogP contribution in [0.25, 0.3) is 0 Å². The lowest BCUT2D eigenvalue weighted by Crippen LogP contribution is -2.44. The molecule has 114 valence electrons. The number of carbonyl (C=O) groups excluding carboxylic acids is 2. The molecule has 2 amide bonds. The number of likely N-dealkylation sites (N-methyl/N-ethyl adjacent to an activating group) is 1. The summed E-state index contributed by atoms with van der Waals surface area (Å²) in [7, 11) is 3.41. The van der Waals surface area contributed by atoms with Crippen molar-refractivity contribution >= 4 is 23.6 Å². The highest BCUT2D eigenvalue weighted by Crippen LogP contribution is 2.49. The molecule has 0 aromatic carbocycles. The number of hydrogen-bond donors (Lipinski definition) is 1. The molecule has 2 bridgehead atoms. The van der Waals surface area contributed by atoms with E-state index in [-0.39, 0.29) is 11.8 Å². The Morgan fingerprint density at radius 1 is 1.30 bits per heavy atom. The van der Waals surface area contributed by atoms with Crippen molar-refractivity contribution < 1.29 is 9.59 Å². The second kappa shape index (κ2) is 6.83. The van der Waals surface area contributed by atoms with Crippen molar-refractivity contribution in [2.45, 2.75) is 38.6 Å². The van der Waals surface area contributed by atoms with Gasteiger partial charge in [0.2, 0.25) is 11.8 Å². The third-order valence-electron chi connectivity index (χ3n) is 4.64. The minimum atomic E-state index is -0.430. The van der Waals surface area contributed by atoms with Gasteiger partial charge in [-0.05, 0) is 49.7 Å². The lowest BCUT2D eigenvalue weighted by molar-refractivity contribution is -0.133. The lowest BCUT2D eigenvalue weighted by Gasteiger charge is -2.21. The molecule has 1 N–H and O–H groups in total. The van der Waals surface area contributed by atoms with Crippen LogP contribution in [-0.4, -0.2) is 48.4 Å². The van der Waals surface area contributed by atoms with Crippen molar-refractivity contribution in [3.63, 3.8) is 0 Å². The van der Waals surface area contributed by atoms with E-state index in [0.29, 0.717) is 5.75 Å². The normalized spacial score (nSPS) is 29.2. The van der Waals surface area contributed by atoms with E-state index in [9.17, 15) is 9.59 Å². The van der Waals surface area contributed by atoms with Gasteiger partial charge in [0.15, 0.2) is 0 Å². The molecular formula is C15H26N2O2S. The van der Waals surface area contributed by atoms with E-state index >= 15 is 0 Å². The van der Waals surface area contributed by atoms with Gasteiger partial charge in [0.05, 0.1) is 5.75 Å². The molecule has 0 spiro atoms. The molecule has 2 aliphatic rings. The average Bonchev–Trinajstić information content (AvgIpc) is 2.99. The number of rotatable bonds is 6. The van der Waals surface area contributed by atoms with Gasteiger partial charge in [0.25, 0.3) is 0 Å². The summed E-state index contributed by atoms with van der Waals surface area (Å²) in [6, 6.07) is -0.430. The minimum Gasteiger partial charge on any atom is -0.347 e. The first kappa shape index (κ1) is 15.7. The molecule has 0 aromatic heterocycles. The summed E-state index contributed by atoms with van der Waals surface area (Å²) in [6.07, 6.45) is 5.62. The highest BCUT2D eigenvalue weighted by molar-refractivity contribution is 7.99. The van der Waals surface area contributed by atoms with E-state index in [1.54, 1.807) is 32.8 Å². The number of carbonyl (C=O) groups is 2. The van der Waals surface area contributed by atoms with Crippen molar-refractivity contribution in [2.24, 2.45) is 17.8 Å². The Morgan fingerprint density at radius 3 is 2.60 bits per heavy atom. The standard InChI is InChI=1S/C15H26N2O2S/c1-10(15(19)17(2)3)16-14(18)9-20-8-13-7-11-4-5-12(13)6-11/h10-13H,4-9H2,1-3H3,(H,16,18)/t10-,11+,12+,13-/m1/s1. The number of fused-ring (bicyclic) bond motifs is 2. The largest absolute Gasteiger partial charge is 0.347 e. The van der Waals surface area contributed by atoms with Crippen molar-refractivity contribution in [1.82, 2.24) is 10.2 Å². The molecule has 2 aliphatic carbocycles. The lowest BCUT2D eigenvalue weighted by atomic mass is 9.90. The highest BCUT2D eigenvalue weighted by Gasteiger charge is 2.39. The number of amides is 2. The van der Waals surface area contributed by atoms with Crippen LogP contribution in [0.5, 0.6) is 0 Å². The number of thioether (sulfide) groups is 1. The van der Waals surface area contributed by atoms with E-state index in [1.807, 2.05) is 0 Å². The van der Waals surface area contributed by atoms with Crippen LogP contribution in [0.4, 0.5) is 0 Å². The third-order valence-corrected chi connectivity index (χ3v) is 5.77. The van der Waals surface area contributed by atoms with Gasteiger partial charge in [-0.2, -0.15) is 11.8 Å². The van der Waals surface area contributed by atoms with Gasteiger partial charge in [-0.3, -0.25) is 9.59 Å². The van der Waals surface area contributed by atoms with Gasteiger partial charge in [-0.1, -0.05) is 6.42 Å².